The summed E-state index contributed by atoms with van der Waals surface area (Å²) in [5, 5.41) is 4.50. The predicted octanol–water partition coefficient (Wildman–Crippen LogP) is 12.2. The molecule has 7 aromatic carbocycles. The van der Waals surface area contributed by atoms with Crippen LogP contribution in [0.15, 0.2) is 162 Å². The molecule has 53 heavy (non-hydrogen) atoms. The fraction of sp³-hybridized carbons (Fsp3) is 0.0625. The smallest absolute Gasteiger partial charge is 0.167 e. The summed E-state index contributed by atoms with van der Waals surface area (Å²) in [4.78, 5) is 15.0. The third kappa shape index (κ3) is 4.34. The minimum atomic E-state index is -0.122. The number of furan rings is 1. The number of aromatic nitrogens is 4. The van der Waals surface area contributed by atoms with Crippen LogP contribution >= 0.6 is 0 Å². The number of hydrogen-bond acceptors (Lipinski definition) is 4. The van der Waals surface area contributed by atoms with Crippen molar-refractivity contribution in [3.8, 4) is 51.0 Å². The zero-order valence-electron chi connectivity index (χ0n) is 29.2. The van der Waals surface area contributed by atoms with Gasteiger partial charge in [0.05, 0.1) is 22.3 Å². The van der Waals surface area contributed by atoms with Gasteiger partial charge in [-0.2, -0.15) is 0 Å². The van der Waals surface area contributed by atoms with Crippen LogP contribution in [0.25, 0.3) is 94.7 Å². The standard InChI is InChI=1S/C48H32N4O/c1-48(2)38-24-11-9-19-31(38)36-27-37-32-20-10-12-25-40(32)52(42(37)28-39(36)48)41-26-14-22-34-33-21-13-23-35(43(33)53-44(34)41)47-50-45(29-15-5-3-6-16-29)49-46(51-47)30-17-7-4-8-18-30/h3-28H,1-2H3. The summed E-state index contributed by atoms with van der Waals surface area (Å²) in [6.45, 7) is 4.68. The number of rotatable bonds is 4. The zero-order chi connectivity index (χ0) is 35.3. The first kappa shape index (κ1) is 29.8. The molecule has 0 saturated heterocycles. The maximum absolute atomic E-state index is 7.04. The Balaban J connectivity index is 1.17. The Morgan fingerprint density at radius 1 is 0.434 bits per heavy atom. The van der Waals surface area contributed by atoms with Crippen molar-refractivity contribution in [1.29, 1.82) is 0 Å². The molecule has 11 rings (SSSR count). The molecule has 0 spiro atoms. The van der Waals surface area contributed by atoms with Gasteiger partial charge >= 0.3 is 0 Å². The molecule has 0 atom stereocenters. The van der Waals surface area contributed by atoms with Crippen LogP contribution in [-0.4, -0.2) is 19.5 Å². The van der Waals surface area contributed by atoms with Gasteiger partial charge in [0.15, 0.2) is 23.1 Å². The van der Waals surface area contributed by atoms with Gasteiger partial charge in [-0.1, -0.05) is 141 Å². The van der Waals surface area contributed by atoms with Crippen molar-refractivity contribution >= 4 is 43.7 Å². The molecule has 0 saturated carbocycles. The van der Waals surface area contributed by atoms with Crippen LogP contribution in [0.4, 0.5) is 0 Å². The molecule has 10 aromatic rings. The summed E-state index contributed by atoms with van der Waals surface area (Å²) in [5.41, 5.74) is 12.8. The Morgan fingerprint density at radius 3 is 1.77 bits per heavy atom. The van der Waals surface area contributed by atoms with Crippen LogP contribution in [0.1, 0.15) is 25.0 Å². The van der Waals surface area contributed by atoms with E-state index in [4.69, 9.17) is 19.4 Å². The van der Waals surface area contributed by atoms with Gasteiger partial charge in [-0.15, -0.1) is 0 Å². The van der Waals surface area contributed by atoms with E-state index in [2.05, 4.69) is 109 Å². The lowest BCUT2D eigenvalue weighted by Crippen LogP contribution is -2.14. The molecule has 0 radical (unpaired) electrons. The molecule has 3 aromatic heterocycles. The van der Waals surface area contributed by atoms with E-state index in [9.17, 15) is 0 Å². The molecule has 0 N–H and O–H groups in total. The summed E-state index contributed by atoms with van der Waals surface area (Å²) >= 11 is 0. The highest BCUT2D eigenvalue weighted by atomic mass is 16.3. The molecule has 0 fully saturated rings. The third-order valence-electron chi connectivity index (χ3n) is 11.1. The Morgan fingerprint density at radius 2 is 1.02 bits per heavy atom. The minimum absolute atomic E-state index is 0.122. The van der Waals surface area contributed by atoms with Crippen molar-refractivity contribution in [2.75, 3.05) is 0 Å². The highest BCUT2D eigenvalue weighted by Crippen LogP contribution is 2.51. The first-order chi connectivity index (χ1) is 26.0. The molecule has 0 unspecified atom stereocenters. The van der Waals surface area contributed by atoms with E-state index in [1.54, 1.807) is 0 Å². The van der Waals surface area contributed by atoms with Gasteiger partial charge in [-0.3, -0.25) is 0 Å². The Hall–Kier alpha value is -6.85. The second-order valence-electron chi connectivity index (χ2n) is 14.4. The lowest BCUT2D eigenvalue weighted by molar-refractivity contribution is 0.660. The van der Waals surface area contributed by atoms with E-state index in [1.807, 2.05) is 66.7 Å². The Labute approximate surface area is 305 Å². The SMILES string of the molecule is CC1(C)c2ccccc2-c2cc3c4ccccc4n(-c4cccc5c4oc4c(-c6nc(-c7ccccc7)nc(-c7ccccc7)n6)cccc45)c3cc21. The Kier molecular flexibility index (Phi) is 6.23. The fourth-order valence-corrected chi connectivity index (χ4v) is 8.51. The van der Waals surface area contributed by atoms with Crippen molar-refractivity contribution < 1.29 is 4.42 Å². The quantitative estimate of drug-likeness (QED) is 0.186. The van der Waals surface area contributed by atoms with Crippen molar-refractivity contribution in [2.24, 2.45) is 0 Å². The number of para-hydroxylation sites is 3. The molecule has 5 nitrogen and oxygen atoms in total. The van der Waals surface area contributed by atoms with Crippen molar-refractivity contribution in [3.05, 3.63) is 169 Å². The summed E-state index contributed by atoms with van der Waals surface area (Å²) in [5.74, 6) is 1.80. The monoisotopic (exact) mass is 680 g/mol. The van der Waals surface area contributed by atoms with Gasteiger partial charge < -0.3 is 8.98 Å². The normalized spacial score (nSPS) is 13.2. The largest absolute Gasteiger partial charge is 0.453 e. The topological polar surface area (TPSA) is 56.7 Å². The fourth-order valence-electron chi connectivity index (χ4n) is 8.51. The molecule has 1 aliphatic carbocycles. The van der Waals surface area contributed by atoms with E-state index in [-0.39, 0.29) is 5.41 Å². The van der Waals surface area contributed by atoms with Gasteiger partial charge in [0, 0.05) is 38.1 Å². The molecule has 0 amide bonds. The highest BCUT2D eigenvalue weighted by molar-refractivity contribution is 6.15. The number of nitrogens with zero attached hydrogens (tertiary/aromatic N) is 4. The van der Waals surface area contributed by atoms with Gasteiger partial charge in [0.2, 0.25) is 0 Å². The molecule has 250 valence electrons. The summed E-state index contributed by atoms with van der Waals surface area (Å²) in [6, 6.07) is 55.2. The van der Waals surface area contributed by atoms with E-state index >= 15 is 0 Å². The van der Waals surface area contributed by atoms with E-state index < -0.39 is 0 Å². The van der Waals surface area contributed by atoms with Crippen LogP contribution in [-0.2, 0) is 5.41 Å². The molecule has 0 aliphatic heterocycles. The maximum Gasteiger partial charge on any atom is 0.167 e. The van der Waals surface area contributed by atoms with Crippen LogP contribution in [0.5, 0.6) is 0 Å². The average Bonchev–Trinajstić information content (AvgIpc) is 3.83. The first-order valence-electron chi connectivity index (χ1n) is 18.0. The molecular weight excluding hydrogens is 649 g/mol. The predicted molar refractivity (Wildman–Crippen MR) is 215 cm³/mol. The maximum atomic E-state index is 7.04. The average molecular weight is 681 g/mol. The van der Waals surface area contributed by atoms with E-state index in [0.717, 1.165) is 55.3 Å². The van der Waals surface area contributed by atoms with Crippen LogP contribution in [0.2, 0.25) is 0 Å². The summed E-state index contributed by atoms with van der Waals surface area (Å²) in [6.07, 6.45) is 0. The van der Waals surface area contributed by atoms with E-state index in [0.29, 0.717) is 17.5 Å². The van der Waals surface area contributed by atoms with Gasteiger partial charge in [0.1, 0.15) is 5.58 Å². The molecular formula is C48H32N4O. The van der Waals surface area contributed by atoms with E-state index in [1.165, 1.54) is 33.0 Å². The molecule has 0 bridgehead atoms. The van der Waals surface area contributed by atoms with Crippen molar-refractivity contribution in [3.63, 3.8) is 0 Å². The number of fused-ring (bicyclic) bond motifs is 9. The first-order valence-corrected chi connectivity index (χ1v) is 18.0. The Bertz CT molecular complexity index is 3020. The number of hydrogen-bond donors (Lipinski definition) is 0. The number of benzene rings is 7. The summed E-state index contributed by atoms with van der Waals surface area (Å²) < 4.78 is 9.43. The third-order valence-corrected chi connectivity index (χ3v) is 11.1. The minimum Gasteiger partial charge on any atom is -0.453 e. The molecule has 1 aliphatic rings. The van der Waals surface area contributed by atoms with Crippen LogP contribution < -0.4 is 0 Å². The lowest BCUT2D eigenvalue weighted by Gasteiger charge is -2.21. The van der Waals surface area contributed by atoms with Crippen molar-refractivity contribution in [1.82, 2.24) is 19.5 Å². The van der Waals surface area contributed by atoms with Gasteiger partial charge in [-0.05, 0) is 52.6 Å². The summed E-state index contributed by atoms with van der Waals surface area (Å²) in [7, 11) is 0. The van der Waals surface area contributed by atoms with Crippen LogP contribution in [0, 0.1) is 0 Å². The highest BCUT2D eigenvalue weighted by Gasteiger charge is 2.36. The van der Waals surface area contributed by atoms with Crippen molar-refractivity contribution in [2.45, 2.75) is 19.3 Å². The van der Waals surface area contributed by atoms with Gasteiger partial charge in [0.25, 0.3) is 0 Å². The van der Waals surface area contributed by atoms with Crippen LogP contribution in [0.3, 0.4) is 0 Å². The lowest BCUT2D eigenvalue weighted by atomic mass is 9.82. The van der Waals surface area contributed by atoms with Gasteiger partial charge in [-0.25, -0.2) is 15.0 Å². The second-order valence-corrected chi connectivity index (χ2v) is 14.4. The molecule has 3 heterocycles. The molecule has 5 heteroatoms. The zero-order valence-corrected chi connectivity index (χ0v) is 29.2. The second kappa shape index (κ2) is 11.1.